The van der Waals surface area contributed by atoms with Crippen molar-refractivity contribution in [2.24, 2.45) is 5.41 Å². The molecule has 1 aromatic rings. The van der Waals surface area contributed by atoms with Gasteiger partial charge in [0.15, 0.2) is 0 Å². The summed E-state index contributed by atoms with van der Waals surface area (Å²) in [6.07, 6.45) is 3.06. The summed E-state index contributed by atoms with van der Waals surface area (Å²) in [7, 11) is 0. The van der Waals surface area contributed by atoms with Gasteiger partial charge in [0.05, 0.1) is 0 Å². The van der Waals surface area contributed by atoms with Gasteiger partial charge in [-0.25, -0.2) is 4.39 Å². The molecule has 1 atom stereocenters. The van der Waals surface area contributed by atoms with Crippen LogP contribution in [0.25, 0.3) is 0 Å². The van der Waals surface area contributed by atoms with E-state index in [0.29, 0.717) is 6.04 Å². The Morgan fingerprint density at radius 3 is 2.47 bits per heavy atom. The Balaban J connectivity index is 2.65. The van der Waals surface area contributed by atoms with Crippen LogP contribution in [-0.2, 0) is 6.42 Å². The lowest BCUT2D eigenvalue weighted by molar-refractivity contribution is 0.255. The fourth-order valence-electron chi connectivity index (χ4n) is 2.23. The maximum absolute atomic E-state index is 13.3. The van der Waals surface area contributed by atoms with E-state index in [1.54, 1.807) is 6.07 Å². The molecule has 0 aliphatic carbocycles. The van der Waals surface area contributed by atoms with E-state index in [4.69, 9.17) is 0 Å². The highest BCUT2D eigenvalue weighted by atomic mass is 79.9. The summed E-state index contributed by atoms with van der Waals surface area (Å²) in [4.78, 5) is 0. The number of aryl methyl sites for hydroxylation is 1. The molecule has 0 fully saturated rings. The van der Waals surface area contributed by atoms with E-state index in [1.807, 2.05) is 6.07 Å². The smallest absolute Gasteiger partial charge is 0.124 e. The summed E-state index contributed by atoms with van der Waals surface area (Å²) in [6, 6.07) is 5.59. The largest absolute Gasteiger partial charge is 0.313 e. The molecule has 0 saturated carbocycles. The number of hydrogen-bond acceptors (Lipinski definition) is 1. The van der Waals surface area contributed by atoms with Gasteiger partial charge in [0.25, 0.3) is 0 Å². The van der Waals surface area contributed by atoms with Gasteiger partial charge in [-0.15, -0.1) is 0 Å². The van der Waals surface area contributed by atoms with Crippen molar-refractivity contribution in [3.63, 3.8) is 0 Å². The number of nitrogens with one attached hydrogen (secondary N) is 1. The van der Waals surface area contributed by atoms with Crippen molar-refractivity contribution in [1.29, 1.82) is 0 Å². The van der Waals surface area contributed by atoms with Crippen molar-refractivity contribution in [2.75, 3.05) is 6.54 Å². The van der Waals surface area contributed by atoms with Crippen molar-refractivity contribution < 1.29 is 4.39 Å². The summed E-state index contributed by atoms with van der Waals surface area (Å²) >= 11 is 3.35. The Bertz CT molecular complexity index is 378. The Morgan fingerprint density at radius 1 is 1.26 bits per heavy atom. The topological polar surface area (TPSA) is 12.0 Å². The predicted molar refractivity (Wildman–Crippen MR) is 84.0 cm³/mol. The Hall–Kier alpha value is -0.410. The van der Waals surface area contributed by atoms with Crippen molar-refractivity contribution in [3.05, 3.63) is 34.1 Å². The van der Waals surface area contributed by atoms with Gasteiger partial charge in [-0.05, 0) is 55.0 Å². The van der Waals surface area contributed by atoms with Gasteiger partial charge in [-0.2, -0.15) is 0 Å². The lowest BCUT2D eigenvalue weighted by atomic mass is 9.83. The van der Waals surface area contributed by atoms with E-state index in [9.17, 15) is 4.39 Å². The maximum Gasteiger partial charge on any atom is 0.124 e. The normalized spacial score (nSPS) is 13.6. The summed E-state index contributed by atoms with van der Waals surface area (Å²) in [5, 5.41) is 3.60. The van der Waals surface area contributed by atoms with Gasteiger partial charge in [0.2, 0.25) is 0 Å². The molecule has 0 aromatic heterocycles. The second kappa shape index (κ2) is 7.39. The summed E-state index contributed by atoms with van der Waals surface area (Å²) in [5.41, 5.74) is 1.28. The van der Waals surface area contributed by atoms with Crippen LogP contribution in [0.15, 0.2) is 22.7 Å². The van der Waals surface area contributed by atoms with Gasteiger partial charge in [-0.3, -0.25) is 0 Å². The average Bonchev–Trinajstić information content (AvgIpc) is 2.26. The van der Waals surface area contributed by atoms with E-state index in [2.05, 4.69) is 48.9 Å². The van der Waals surface area contributed by atoms with Crippen LogP contribution >= 0.6 is 15.9 Å². The van der Waals surface area contributed by atoms with Gasteiger partial charge in [0, 0.05) is 10.5 Å². The maximum atomic E-state index is 13.3. The molecule has 0 aliphatic heterocycles. The SMILES string of the molecule is CCCNC(CCc1cc(F)cc(Br)c1)C(C)(C)C. The molecular formula is C16H25BrFN. The zero-order valence-corrected chi connectivity index (χ0v) is 14.0. The standard InChI is InChI=1S/C16H25BrFN/c1-5-8-19-15(16(2,3)4)7-6-12-9-13(17)11-14(18)10-12/h9-11,15,19H,5-8H2,1-4H3. The molecule has 0 bridgehead atoms. The van der Waals surface area contributed by atoms with Crippen molar-refractivity contribution >= 4 is 15.9 Å². The third-order valence-electron chi connectivity index (χ3n) is 3.33. The molecule has 1 N–H and O–H groups in total. The molecule has 1 rings (SSSR count). The fraction of sp³-hybridized carbons (Fsp3) is 0.625. The molecular weight excluding hydrogens is 305 g/mol. The highest BCUT2D eigenvalue weighted by Gasteiger charge is 2.23. The van der Waals surface area contributed by atoms with Crippen LogP contribution in [0.5, 0.6) is 0 Å². The molecule has 1 aromatic carbocycles. The minimum Gasteiger partial charge on any atom is -0.313 e. The second-order valence-electron chi connectivity index (χ2n) is 6.19. The van der Waals surface area contributed by atoms with E-state index in [0.717, 1.165) is 35.8 Å². The molecule has 0 spiro atoms. The number of rotatable bonds is 6. The van der Waals surface area contributed by atoms with Crippen LogP contribution in [0.3, 0.4) is 0 Å². The molecule has 0 aliphatic rings. The quantitative estimate of drug-likeness (QED) is 0.779. The van der Waals surface area contributed by atoms with Crippen molar-refractivity contribution in [3.8, 4) is 0 Å². The first kappa shape index (κ1) is 16.6. The van der Waals surface area contributed by atoms with Crippen LogP contribution in [0.1, 0.15) is 46.1 Å². The van der Waals surface area contributed by atoms with Crippen molar-refractivity contribution in [1.82, 2.24) is 5.32 Å². The predicted octanol–water partition coefficient (Wildman–Crippen LogP) is 4.94. The lowest BCUT2D eigenvalue weighted by Crippen LogP contribution is -2.41. The van der Waals surface area contributed by atoms with Crippen molar-refractivity contribution in [2.45, 2.75) is 53.0 Å². The molecule has 3 heteroatoms. The molecule has 1 nitrogen and oxygen atoms in total. The fourth-order valence-corrected chi connectivity index (χ4v) is 2.74. The molecule has 19 heavy (non-hydrogen) atoms. The van der Waals surface area contributed by atoms with Gasteiger partial charge < -0.3 is 5.32 Å². The Kier molecular flexibility index (Phi) is 6.48. The summed E-state index contributed by atoms with van der Waals surface area (Å²) in [5.74, 6) is -0.168. The summed E-state index contributed by atoms with van der Waals surface area (Å²) in [6.45, 7) is 9.97. The molecule has 0 radical (unpaired) electrons. The number of benzene rings is 1. The lowest BCUT2D eigenvalue weighted by Gasteiger charge is -2.32. The highest BCUT2D eigenvalue weighted by Crippen LogP contribution is 2.24. The molecule has 1 unspecified atom stereocenters. The van der Waals surface area contributed by atoms with Crippen LogP contribution in [0, 0.1) is 11.2 Å². The van der Waals surface area contributed by atoms with Crippen LogP contribution < -0.4 is 5.32 Å². The molecule has 0 heterocycles. The monoisotopic (exact) mass is 329 g/mol. The average molecular weight is 330 g/mol. The van der Waals surface area contributed by atoms with E-state index >= 15 is 0 Å². The zero-order valence-electron chi connectivity index (χ0n) is 12.4. The first-order chi connectivity index (χ1) is 8.82. The van der Waals surface area contributed by atoms with Gasteiger partial charge in [0.1, 0.15) is 5.82 Å². The molecule has 0 amide bonds. The Morgan fingerprint density at radius 2 is 1.95 bits per heavy atom. The molecule has 108 valence electrons. The third-order valence-corrected chi connectivity index (χ3v) is 3.79. The minimum atomic E-state index is -0.168. The van der Waals surface area contributed by atoms with Gasteiger partial charge >= 0.3 is 0 Å². The van der Waals surface area contributed by atoms with Gasteiger partial charge in [-0.1, -0.05) is 43.6 Å². The first-order valence-corrected chi connectivity index (χ1v) is 7.80. The Labute approximate surface area is 125 Å². The van der Waals surface area contributed by atoms with Crippen LogP contribution in [0.2, 0.25) is 0 Å². The third kappa shape index (κ3) is 6.05. The van der Waals surface area contributed by atoms with Crippen LogP contribution in [0.4, 0.5) is 4.39 Å². The zero-order chi connectivity index (χ0) is 14.5. The number of hydrogen-bond donors (Lipinski definition) is 1. The number of halogens is 2. The van der Waals surface area contributed by atoms with Crippen LogP contribution in [-0.4, -0.2) is 12.6 Å². The second-order valence-corrected chi connectivity index (χ2v) is 7.10. The summed E-state index contributed by atoms with van der Waals surface area (Å²) < 4.78 is 14.2. The first-order valence-electron chi connectivity index (χ1n) is 7.01. The highest BCUT2D eigenvalue weighted by molar-refractivity contribution is 9.10. The van der Waals surface area contributed by atoms with E-state index in [1.165, 1.54) is 6.07 Å². The van der Waals surface area contributed by atoms with E-state index < -0.39 is 0 Å². The van der Waals surface area contributed by atoms with E-state index in [-0.39, 0.29) is 11.2 Å². The minimum absolute atomic E-state index is 0.168. The molecule has 0 saturated heterocycles.